The summed E-state index contributed by atoms with van der Waals surface area (Å²) in [6, 6.07) is 2.89. The number of hydrazone groups is 1. The first-order valence-corrected chi connectivity index (χ1v) is 8.11. The summed E-state index contributed by atoms with van der Waals surface area (Å²) in [4.78, 5) is 3.31. The molecule has 0 spiro atoms. The highest BCUT2D eigenvalue weighted by molar-refractivity contribution is 5.61. The van der Waals surface area contributed by atoms with Crippen LogP contribution in [0, 0.1) is 13.8 Å². The third-order valence-electron chi connectivity index (χ3n) is 4.10. The van der Waals surface area contributed by atoms with Crippen LogP contribution in [0.15, 0.2) is 21.8 Å². The molecule has 7 nitrogen and oxygen atoms in total. The molecule has 0 fully saturated rings. The summed E-state index contributed by atoms with van der Waals surface area (Å²) in [7, 11) is 0. The van der Waals surface area contributed by atoms with Gasteiger partial charge in [-0.25, -0.2) is 0 Å². The number of hydrogen-bond donors (Lipinski definition) is 1. The molecule has 0 saturated carbocycles. The maximum Gasteiger partial charge on any atom is 0.471 e. The number of nitrogens with one attached hydrogen (secondary N) is 1. The second-order valence-corrected chi connectivity index (χ2v) is 6.25. The molecule has 1 unspecified atom stereocenters. The second kappa shape index (κ2) is 7.12. The Morgan fingerprint density at radius 2 is 1.76 bits per heavy atom. The molecule has 1 atom stereocenters. The lowest BCUT2D eigenvalue weighted by Gasteiger charge is -2.29. The molecule has 1 aliphatic heterocycles. The summed E-state index contributed by atoms with van der Waals surface area (Å²) < 4.78 is 91.7. The van der Waals surface area contributed by atoms with Gasteiger partial charge in [0.05, 0.1) is 13.0 Å². The molecule has 0 bridgehead atoms. The van der Waals surface area contributed by atoms with Crippen molar-refractivity contribution in [3.05, 3.63) is 29.2 Å². The first-order valence-electron chi connectivity index (χ1n) is 8.11. The number of alkyl halides is 6. The largest absolute Gasteiger partial charge is 0.493 e. The average molecular weight is 424 g/mol. The van der Waals surface area contributed by atoms with E-state index in [4.69, 9.17) is 4.74 Å². The number of benzene rings is 1. The van der Waals surface area contributed by atoms with Gasteiger partial charge in [-0.1, -0.05) is 5.16 Å². The van der Waals surface area contributed by atoms with Crippen molar-refractivity contribution < 1.29 is 40.3 Å². The molecule has 0 saturated heterocycles. The van der Waals surface area contributed by atoms with Crippen LogP contribution in [-0.4, -0.2) is 35.0 Å². The molecule has 3 rings (SSSR count). The lowest BCUT2D eigenvalue weighted by Crippen LogP contribution is -2.54. The molecule has 1 aromatic heterocycles. The number of rotatable bonds is 5. The molecule has 2 aromatic rings. The lowest BCUT2D eigenvalue weighted by molar-refractivity contribution is -0.261. The summed E-state index contributed by atoms with van der Waals surface area (Å²) in [5.74, 6) is -1.47. The first kappa shape index (κ1) is 20.7. The van der Waals surface area contributed by atoms with E-state index in [1.54, 1.807) is 13.8 Å². The third-order valence-corrected chi connectivity index (χ3v) is 4.10. The quantitative estimate of drug-likeness (QED) is 0.732. The van der Waals surface area contributed by atoms with Crippen molar-refractivity contribution in [3.8, 4) is 17.1 Å². The van der Waals surface area contributed by atoms with Crippen molar-refractivity contribution >= 4 is 6.40 Å². The van der Waals surface area contributed by atoms with Gasteiger partial charge in [-0.05, 0) is 37.1 Å². The summed E-state index contributed by atoms with van der Waals surface area (Å²) in [6.07, 6.45) is -9.42. The van der Waals surface area contributed by atoms with Crippen molar-refractivity contribution in [1.29, 1.82) is 0 Å². The van der Waals surface area contributed by atoms with E-state index < -0.39 is 30.4 Å². The number of aromatic nitrogens is 2. The van der Waals surface area contributed by atoms with Crippen molar-refractivity contribution in [2.45, 2.75) is 38.3 Å². The zero-order valence-corrected chi connectivity index (χ0v) is 15.0. The van der Waals surface area contributed by atoms with Crippen LogP contribution in [0.4, 0.5) is 26.3 Å². The molecule has 2 heterocycles. The Balaban J connectivity index is 1.74. The van der Waals surface area contributed by atoms with E-state index in [0.29, 0.717) is 17.5 Å². The highest BCUT2D eigenvalue weighted by atomic mass is 19.4. The van der Waals surface area contributed by atoms with Gasteiger partial charge in [0, 0.05) is 5.56 Å². The van der Waals surface area contributed by atoms with Gasteiger partial charge in [0.1, 0.15) is 5.75 Å². The SMILES string of the molecule is Cc1cc(-c2noc(C(F)(F)F)n2)cc(C)c1OCCC1(C(F)(F)F)NN=CO1. The minimum atomic E-state index is -4.77. The van der Waals surface area contributed by atoms with Crippen LogP contribution < -0.4 is 10.2 Å². The van der Waals surface area contributed by atoms with Gasteiger partial charge in [0.2, 0.25) is 5.82 Å². The first-order chi connectivity index (χ1) is 13.4. The fraction of sp³-hybridized carbons (Fsp3) is 0.438. The van der Waals surface area contributed by atoms with E-state index in [2.05, 4.69) is 24.5 Å². The van der Waals surface area contributed by atoms with E-state index >= 15 is 0 Å². The zero-order chi connectivity index (χ0) is 21.4. The van der Waals surface area contributed by atoms with E-state index in [0.717, 1.165) is 0 Å². The summed E-state index contributed by atoms with van der Waals surface area (Å²) >= 11 is 0. The van der Waals surface area contributed by atoms with Crippen LogP contribution in [0.25, 0.3) is 11.4 Å². The smallest absolute Gasteiger partial charge is 0.471 e. The Kier molecular flexibility index (Phi) is 5.09. The molecule has 0 radical (unpaired) electrons. The van der Waals surface area contributed by atoms with Crippen molar-refractivity contribution in [3.63, 3.8) is 0 Å². The Morgan fingerprint density at radius 1 is 1.10 bits per heavy atom. The van der Waals surface area contributed by atoms with Crippen LogP contribution >= 0.6 is 0 Å². The number of hydrogen-bond acceptors (Lipinski definition) is 7. The Labute approximate surface area is 159 Å². The number of ether oxygens (including phenoxy) is 2. The Hall–Kier alpha value is -2.99. The fourth-order valence-corrected chi connectivity index (χ4v) is 2.72. The van der Waals surface area contributed by atoms with Gasteiger partial charge < -0.3 is 14.0 Å². The van der Waals surface area contributed by atoms with E-state index in [-0.39, 0.29) is 23.7 Å². The molecule has 1 aromatic carbocycles. The monoisotopic (exact) mass is 424 g/mol. The van der Waals surface area contributed by atoms with Gasteiger partial charge in [0.15, 0.2) is 6.40 Å². The standard InChI is InChI=1S/C16H14F6N4O3/c1-8-5-10(12-24-13(29-25-12)15(17,18)19)6-9(2)11(8)27-4-3-14(16(20,21)22)26-23-7-28-14/h5-7,26H,3-4H2,1-2H3. The molecule has 0 aliphatic carbocycles. The van der Waals surface area contributed by atoms with Gasteiger partial charge in [-0.3, -0.25) is 5.43 Å². The van der Waals surface area contributed by atoms with Gasteiger partial charge in [-0.2, -0.15) is 31.3 Å². The number of nitrogens with zero attached hydrogens (tertiary/aromatic N) is 3. The minimum absolute atomic E-state index is 0.243. The molecule has 158 valence electrons. The molecular formula is C16H14F6N4O3. The van der Waals surface area contributed by atoms with E-state index in [1.807, 2.05) is 5.43 Å². The summed E-state index contributed by atoms with van der Waals surface area (Å²) in [6.45, 7) is 2.81. The molecule has 0 amide bonds. The fourth-order valence-electron chi connectivity index (χ4n) is 2.72. The normalized spacial score (nSPS) is 19.2. The molecule has 29 heavy (non-hydrogen) atoms. The van der Waals surface area contributed by atoms with Gasteiger partial charge >= 0.3 is 18.2 Å². The number of halogens is 6. The predicted octanol–water partition coefficient (Wildman–Crippen LogP) is 3.96. The lowest BCUT2D eigenvalue weighted by atomic mass is 10.1. The van der Waals surface area contributed by atoms with Crippen LogP contribution in [-0.2, 0) is 10.9 Å². The predicted molar refractivity (Wildman–Crippen MR) is 85.8 cm³/mol. The average Bonchev–Trinajstić information content (AvgIpc) is 3.26. The van der Waals surface area contributed by atoms with Crippen LogP contribution in [0.5, 0.6) is 5.75 Å². The highest BCUT2D eigenvalue weighted by Crippen LogP contribution is 2.37. The second-order valence-electron chi connectivity index (χ2n) is 6.25. The maximum absolute atomic E-state index is 13.2. The molecular weight excluding hydrogens is 410 g/mol. The molecule has 1 N–H and O–H groups in total. The van der Waals surface area contributed by atoms with E-state index in [9.17, 15) is 26.3 Å². The minimum Gasteiger partial charge on any atom is -0.493 e. The summed E-state index contributed by atoms with van der Waals surface area (Å²) in [5, 5.41) is 6.56. The number of aryl methyl sites for hydroxylation is 2. The Morgan fingerprint density at radius 3 is 2.24 bits per heavy atom. The van der Waals surface area contributed by atoms with Crippen molar-refractivity contribution in [2.75, 3.05) is 6.61 Å². The molecule has 13 heteroatoms. The van der Waals surface area contributed by atoms with Gasteiger partial charge in [-0.15, -0.1) is 5.10 Å². The van der Waals surface area contributed by atoms with E-state index in [1.165, 1.54) is 12.1 Å². The maximum atomic E-state index is 13.2. The highest BCUT2D eigenvalue weighted by Gasteiger charge is 2.59. The van der Waals surface area contributed by atoms with Crippen molar-refractivity contribution in [1.82, 2.24) is 15.6 Å². The van der Waals surface area contributed by atoms with Crippen LogP contribution in [0.3, 0.4) is 0 Å². The van der Waals surface area contributed by atoms with Crippen LogP contribution in [0.1, 0.15) is 23.4 Å². The third kappa shape index (κ3) is 4.07. The zero-order valence-electron chi connectivity index (χ0n) is 15.0. The Bertz CT molecular complexity index is 891. The van der Waals surface area contributed by atoms with Crippen molar-refractivity contribution in [2.24, 2.45) is 5.10 Å². The summed E-state index contributed by atoms with van der Waals surface area (Å²) in [5.41, 5.74) is 0.401. The van der Waals surface area contributed by atoms with Crippen LogP contribution in [0.2, 0.25) is 0 Å². The van der Waals surface area contributed by atoms with Gasteiger partial charge in [0.25, 0.3) is 5.72 Å². The topological polar surface area (TPSA) is 81.8 Å². The molecule has 1 aliphatic rings.